The zero-order chi connectivity index (χ0) is 24.2. The van der Waals surface area contributed by atoms with Crippen LogP contribution in [-0.4, -0.2) is 27.8 Å². The predicted octanol–water partition coefficient (Wildman–Crippen LogP) is 4.81. The zero-order valence-electron chi connectivity index (χ0n) is 19.7. The molecule has 1 amide bonds. The summed E-state index contributed by atoms with van der Waals surface area (Å²) in [7, 11) is 1.61. The van der Waals surface area contributed by atoms with Crippen LogP contribution in [0.5, 0.6) is 5.75 Å². The molecule has 0 aliphatic rings. The van der Waals surface area contributed by atoms with Crippen molar-refractivity contribution in [1.29, 1.82) is 0 Å². The van der Waals surface area contributed by atoms with Crippen molar-refractivity contribution in [1.82, 2.24) is 14.9 Å². The molecule has 0 spiro atoms. The lowest BCUT2D eigenvalue weighted by Gasteiger charge is -2.18. The summed E-state index contributed by atoms with van der Waals surface area (Å²) >= 11 is 1.27. The van der Waals surface area contributed by atoms with Gasteiger partial charge in [0.2, 0.25) is 5.91 Å². The summed E-state index contributed by atoms with van der Waals surface area (Å²) in [6, 6.07) is 20.8. The Morgan fingerprint density at radius 3 is 2.59 bits per heavy atom. The summed E-state index contributed by atoms with van der Waals surface area (Å²) in [5.41, 5.74) is 4.19. The lowest BCUT2D eigenvalue weighted by molar-refractivity contribution is -0.120. The van der Waals surface area contributed by atoms with Crippen molar-refractivity contribution in [3.63, 3.8) is 0 Å². The van der Waals surface area contributed by atoms with E-state index in [4.69, 9.17) is 9.72 Å². The number of nitrogens with one attached hydrogen (secondary N) is 1. The number of aryl methyl sites for hydroxylation is 2. The third kappa shape index (κ3) is 4.84. The summed E-state index contributed by atoms with van der Waals surface area (Å²) in [5.74, 6) is 0.577. The van der Waals surface area contributed by atoms with Crippen LogP contribution >= 0.6 is 11.8 Å². The van der Waals surface area contributed by atoms with E-state index in [-0.39, 0.29) is 11.5 Å². The number of ether oxygens (including phenoxy) is 1. The minimum absolute atomic E-state index is 0.148. The van der Waals surface area contributed by atoms with Gasteiger partial charge in [-0.1, -0.05) is 59.8 Å². The quantitative estimate of drug-likeness (QED) is 0.308. The number of fused-ring (bicyclic) bond motifs is 1. The highest BCUT2D eigenvalue weighted by Crippen LogP contribution is 2.27. The fourth-order valence-corrected chi connectivity index (χ4v) is 4.79. The van der Waals surface area contributed by atoms with Crippen molar-refractivity contribution in [3.8, 4) is 11.4 Å². The highest BCUT2D eigenvalue weighted by atomic mass is 32.2. The van der Waals surface area contributed by atoms with E-state index in [2.05, 4.69) is 5.32 Å². The Kier molecular flexibility index (Phi) is 7.03. The average molecular weight is 474 g/mol. The Bertz CT molecular complexity index is 1410. The number of thioether (sulfide) groups is 1. The maximum atomic E-state index is 13.5. The average Bonchev–Trinajstić information content (AvgIpc) is 2.83. The van der Waals surface area contributed by atoms with Crippen molar-refractivity contribution in [2.45, 2.75) is 37.7 Å². The Balaban J connectivity index is 1.66. The number of aromatic nitrogens is 2. The van der Waals surface area contributed by atoms with Crippen molar-refractivity contribution < 1.29 is 9.53 Å². The first kappa shape index (κ1) is 23.6. The SMILES string of the molecule is COc1ccccc1CNC(=O)C(C)Sc1nc2ccccc2c(=O)n1-c1ccc(C)cc1C. The molecule has 34 heavy (non-hydrogen) atoms. The van der Waals surface area contributed by atoms with Crippen LogP contribution in [0.4, 0.5) is 0 Å². The summed E-state index contributed by atoms with van der Waals surface area (Å²) in [5, 5.41) is 3.52. The summed E-state index contributed by atoms with van der Waals surface area (Å²) in [4.78, 5) is 31.2. The first-order chi connectivity index (χ1) is 16.4. The molecular formula is C27H27N3O3S. The second-order valence-electron chi connectivity index (χ2n) is 8.13. The van der Waals surface area contributed by atoms with Crippen LogP contribution in [0.3, 0.4) is 0 Å². The zero-order valence-corrected chi connectivity index (χ0v) is 20.5. The highest BCUT2D eigenvalue weighted by molar-refractivity contribution is 8.00. The first-order valence-corrected chi connectivity index (χ1v) is 11.9. The van der Waals surface area contributed by atoms with Crippen LogP contribution in [0.2, 0.25) is 0 Å². The molecule has 7 heteroatoms. The summed E-state index contributed by atoms with van der Waals surface area (Å²) in [6.07, 6.45) is 0. The standard InChI is InChI=1S/C27H27N3O3S/c1-17-13-14-23(18(2)15-17)30-26(32)21-10-6-7-11-22(21)29-27(30)34-19(3)25(31)28-16-20-9-5-8-12-24(20)33-4/h5-15,19H,16H2,1-4H3,(H,28,31). The molecule has 1 atom stereocenters. The van der Waals surface area contributed by atoms with E-state index in [9.17, 15) is 9.59 Å². The van der Waals surface area contributed by atoms with E-state index in [1.807, 2.05) is 81.4 Å². The predicted molar refractivity (Wildman–Crippen MR) is 137 cm³/mol. The molecule has 6 nitrogen and oxygen atoms in total. The maximum Gasteiger partial charge on any atom is 0.266 e. The van der Waals surface area contributed by atoms with Gasteiger partial charge in [-0.3, -0.25) is 14.2 Å². The van der Waals surface area contributed by atoms with E-state index in [0.29, 0.717) is 22.6 Å². The molecule has 1 unspecified atom stereocenters. The van der Waals surface area contributed by atoms with Crippen LogP contribution in [0.15, 0.2) is 76.7 Å². The molecule has 0 radical (unpaired) electrons. The number of methoxy groups -OCH3 is 1. The van der Waals surface area contributed by atoms with Crippen molar-refractivity contribution in [2.24, 2.45) is 0 Å². The van der Waals surface area contributed by atoms with E-state index < -0.39 is 5.25 Å². The number of nitrogens with zero attached hydrogens (tertiary/aromatic N) is 2. The Hall–Kier alpha value is -3.58. The highest BCUT2D eigenvalue weighted by Gasteiger charge is 2.21. The number of hydrogen-bond donors (Lipinski definition) is 1. The van der Waals surface area contributed by atoms with Gasteiger partial charge in [-0.25, -0.2) is 4.98 Å². The smallest absolute Gasteiger partial charge is 0.266 e. The van der Waals surface area contributed by atoms with Gasteiger partial charge in [0.1, 0.15) is 5.75 Å². The van der Waals surface area contributed by atoms with Crippen molar-refractivity contribution in [3.05, 3.63) is 93.8 Å². The minimum Gasteiger partial charge on any atom is -0.496 e. The molecule has 4 aromatic rings. The number of hydrogen-bond acceptors (Lipinski definition) is 5. The molecule has 1 N–H and O–H groups in total. The van der Waals surface area contributed by atoms with Gasteiger partial charge in [0, 0.05) is 12.1 Å². The minimum atomic E-state index is -0.472. The fraction of sp³-hybridized carbons (Fsp3) is 0.222. The first-order valence-electron chi connectivity index (χ1n) is 11.0. The van der Waals surface area contributed by atoms with Gasteiger partial charge >= 0.3 is 0 Å². The Labute approximate surface area is 203 Å². The molecule has 0 aliphatic carbocycles. The number of para-hydroxylation sites is 2. The molecule has 0 fully saturated rings. The molecule has 1 heterocycles. The van der Waals surface area contributed by atoms with Crippen LogP contribution in [-0.2, 0) is 11.3 Å². The molecule has 0 saturated carbocycles. The number of carbonyl (C=O) groups is 1. The van der Waals surface area contributed by atoms with Gasteiger partial charge in [0.15, 0.2) is 5.16 Å². The van der Waals surface area contributed by atoms with Crippen LogP contribution in [0.25, 0.3) is 16.6 Å². The molecule has 0 saturated heterocycles. The summed E-state index contributed by atoms with van der Waals surface area (Å²) < 4.78 is 6.98. The van der Waals surface area contributed by atoms with Gasteiger partial charge in [0.25, 0.3) is 5.56 Å². The molecule has 0 bridgehead atoms. The topological polar surface area (TPSA) is 73.2 Å². The Morgan fingerprint density at radius 1 is 1.09 bits per heavy atom. The lowest BCUT2D eigenvalue weighted by Crippen LogP contribution is -2.31. The number of amides is 1. The summed E-state index contributed by atoms with van der Waals surface area (Å²) in [6.45, 7) is 6.16. The fourth-order valence-electron chi connectivity index (χ4n) is 3.85. The van der Waals surface area contributed by atoms with Gasteiger partial charge in [-0.05, 0) is 50.6 Å². The van der Waals surface area contributed by atoms with Gasteiger partial charge in [-0.15, -0.1) is 0 Å². The second kappa shape index (κ2) is 10.1. The van der Waals surface area contributed by atoms with E-state index in [1.165, 1.54) is 11.8 Å². The molecule has 174 valence electrons. The second-order valence-corrected chi connectivity index (χ2v) is 9.44. The molecule has 1 aromatic heterocycles. The molecule has 0 aliphatic heterocycles. The number of rotatable bonds is 7. The molecular weight excluding hydrogens is 446 g/mol. The van der Waals surface area contributed by atoms with Gasteiger partial charge in [-0.2, -0.15) is 0 Å². The number of carbonyl (C=O) groups excluding carboxylic acids is 1. The van der Waals surface area contributed by atoms with Crippen molar-refractivity contribution >= 4 is 28.6 Å². The van der Waals surface area contributed by atoms with Crippen LogP contribution in [0, 0.1) is 13.8 Å². The normalized spacial score (nSPS) is 11.9. The third-order valence-corrected chi connectivity index (χ3v) is 6.69. The van der Waals surface area contributed by atoms with E-state index in [0.717, 1.165) is 28.1 Å². The van der Waals surface area contributed by atoms with E-state index >= 15 is 0 Å². The van der Waals surface area contributed by atoms with Crippen LogP contribution < -0.4 is 15.6 Å². The van der Waals surface area contributed by atoms with Gasteiger partial charge in [0.05, 0.1) is 29.0 Å². The maximum absolute atomic E-state index is 13.5. The Morgan fingerprint density at radius 2 is 1.82 bits per heavy atom. The van der Waals surface area contributed by atoms with Gasteiger partial charge < -0.3 is 10.1 Å². The molecule has 3 aromatic carbocycles. The van der Waals surface area contributed by atoms with Crippen molar-refractivity contribution in [2.75, 3.05) is 7.11 Å². The third-order valence-electron chi connectivity index (χ3n) is 5.64. The van der Waals surface area contributed by atoms with Crippen LogP contribution in [0.1, 0.15) is 23.6 Å². The monoisotopic (exact) mass is 473 g/mol. The molecule has 4 rings (SSSR count). The number of benzene rings is 3. The largest absolute Gasteiger partial charge is 0.496 e. The van der Waals surface area contributed by atoms with E-state index in [1.54, 1.807) is 17.7 Å². The lowest BCUT2D eigenvalue weighted by atomic mass is 10.1.